The minimum Gasteiger partial charge on any atom is -0.481 e. The van der Waals surface area contributed by atoms with Crippen molar-refractivity contribution in [3.8, 4) is 11.1 Å². The van der Waals surface area contributed by atoms with Crippen LogP contribution >= 0.6 is 0 Å². The lowest BCUT2D eigenvalue weighted by Gasteiger charge is -2.21. The van der Waals surface area contributed by atoms with Crippen LogP contribution in [0.1, 0.15) is 36.8 Å². The van der Waals surface area contributed by atoms with Crippen LogP contribution in [0.5, 0.6) is 0 Å². The van der Waals surface area contributed by atoms with Gasteiger partial charge in [0.15, 0.2) is 0 Å². The summed E-state index contributed by atoms with van der Waals surface area (Å²) >= 11 is 0. The van der Waals surface area contributed by atoms with E-state index >= 15 is 0 Å². The van der Waals surface area contributed by atoms with Crippen molar-refractivity contribution in [2.45, 2.75) is 31.3 Å². The van der Waals surface area contributed by atoms with Gasteiger partial charge in [0.25, 0.3) is 0 Å². The number of amides is 2. The van der Waals surface area contributed by atoms with Crippen LogP contribution in [0.25, 0.3) is 11.1 Å². The van der Waals surface area contributed by atoms with Crippen LogP contribution in [-0.2, 0) is 19.1 Å². The first-order valence-electron chi connectivity index (χ1n) is 11.1. The highest BCUT2D eigenvalue weighted by Crippen LogP contribution is 2.44. The zero-order valence-electron chi connectivity index (χ0n) is 19.1. The second-order valence-electron chi connectivity index (χ2n) is 8.46. The summed E-state index contributed by atoms with van der Waals surface area (Å²) in [6.07, 6.45) is -0.955. The van der Waals surface area contributed by atoms with Crippen LogP contribution in [0.15, 0.2) is 48.5 Å². The second-order valence-corrected chi connectivity index (χ2v) is 8.46. The molecule has 182 valence electrons. The van der Waals surface area contributed by atoms with Crippen LogP contribution in [0.2, 0.25) is 0 Å². The molecule has 0 radical (unpaired) electrons. The van der Waals surface area contributed by atoms with E-state index in [1.54, 1.807) is 0 Å². The summed E-state index contributed by atoms with van der Waals surface area (Å²) in [5.41, 5.74) is 3.09. The number of aliphatic carboxylic acids is 1. The highest BCUT2D eigenvalue weighted by molar-refractivity contribution is 5.79. The van der Waals surface area contributed by atoms with Gasteiger partial charge >= 0.3 is 12.1 Å². The highest BCUT2D eigenvalue weighted by Gasteiger charge is 2.29. The molecule has 1 aliphatic carbocycles. The van der Waals surface area contributed by atoms with Crippen LogP contribution in [-0.4, -0.2) is 66.7 Å². The Bertz CT molecular complexity index is 976. The van der Waals surface area contributed by atoms with Crippen molar-refractivity contribution in [1.82, 2.24) is 10.6 Å². The first-order valence-corrected chi connectivity index (χ1v) is 11.1. The Balaban J connectivity index is 1.30. The summed E-state index contributed by atoms with van der Waals surface area (Å²) in [4.78, 5) is 34.5. The lowest BCUT2D eigenvalue weighted by molar-refractivity contribution is -0.142. The molecule has 0 spiro atoms. The van der Waals surface area contributed by atoms with Gasteiger partial charge in [-0.15, -0.1) is 0 Å². The van der Waals surface area contributed by atoms with Gasteiger partial charge < -0.3 is 30.3 Å². The first kappa shape index (κ1) is 25.2. The number of carbonyl (C=O) groups is 3. The molecule has 3 rings (SSSR count). The van der Waals surface area contributed by atoms with Crippen molar-refractivity contribution in [3.05, 3.63) is 59.7 Å². The normalized spacial score (nSPS) is 13.9. The molecule has 2 aromatic rings. The molecular formula is C25H30N2O7. The Morgan fingerprint density at radius 2 is 1.59 bits per heavy atom. The zero-order valence-corrected chi connectivity index (χ0v) is 19.1. The number of hydrogen-bond donors (Lipinski definition) is 4. The van der Waals surface area contributed by atoms with Gasteiger partial charge in [-0.25, -0.2) is 4.79 Å². The maximum Gasteiger partial charge on any atom is 0.407 e. The highest BCUT2D eigenvalue weighted by atomic mass is 16.5. The molecule has 9 nitrogen and oxygen atoms in total. The van der Waals surface area contributed by atoms with Gasteiger partial charge in [-0.3, -0.25) is 9.59 Å². The SMILES string of the molecule is CC(O)(CNC(=O)CCOCCNC(=O)OCC1c2ccccc2-c2ccccc21)CC(=O)O. The first-order chi connectivity index (χ1) is 16.3. The van der Waals surface area contributed by atoms with Crippen LogP contribution < -0.4 is 10.6 Å². The third kappa shape index (κ3) is 7.03. The maximum absolute atomic E-state index is 12.1. The van der Waals surface area contributed by atoms with Gasteiger partial charge in [0.1, 0.15) is 6.61 Å². The fourth-order valence-electron chi connectivity index (χ4n) is 3.91. The van der Waals surface area contributed by atoms with E-state index in [9.17, 15) is 19.5 Å². The molecule has 34 heavy (non-hydrogen) atoms. The number of carboxylic acid groups (broad SMARTS) is 1. The summed E-state index contributed by atoms with van der Waals surface area (Å²) < 4.78 is 10.8. The molecule has 1 aliphatic rings. The molecule has 0 fully saturated rings. The van der Waals surface area contributed by atoms with Crippen LogP contribution in [0.3, 0.4) is 0 Å². The molecular weight excluding hydrogens is 440 g/mol. The number of benzene rings is 2. The van der Waals surface area contributed by atoms with Crippen molar-refractivity contribution in [3.63, 3.8) is 0 Å². The van der Waals surface area contributed by atoms with E-state index in [0.29, 0.717) is 0 Å². The average Bonchev–Trinajstić information content (AvgIpc) is 3.11. The minimum atomic E-state index is -1.52. The maximum atomic E-state index is 12.1. The number of alkyl carbamates (subject to hydrolysis) is 1. The molecule has 0 saturated heterocycles. The lowest BCUT2D eigenvalue weighted by Crippen LogP contribution is -2.42. The van der Waals surface area contributed by atoms with Crippen molar-refractivity contribution >= 4 is 18.0 Å². The Morgan fingerprint density at radius 3 is 2.21 bits per heavy atom. The van der Waals surface area contributed by atoms with Crippen molar-refractivity contribution in [2.24, 2.45) is 0 Å². The predicted molar refractivity (Wildman–Crippen MR) is 124 cm³/mol. The van der Waals surface area contributed by atoms with E-state index in [1.165, 1.54) is 6.92 Å². The fourth-order valence-corrected chi connectivity index (χ4v) is 3.91. The molecule has 2 aromatic carbocycles. The molecule has 9 heteroatoms. The van der Waals surface area contributed by atoms with Crippen molar-refractivity contribution in [1.29, 1.82) is 0 Å². The summed E-state index contributed by atoms with van der Waals surface area (Å²) in [5, 5.41) is 23.7. The number of aliphatic hydroxyl groups is 1. The third-order valence-electron chi connectivity index (χ3n) is 5.53. The number of carbonyl (C=O) groups excluding carboxylic acids is 2. The fraction of sp³-hybridized carbons (Fsp3) is 0.400. The number of ether oxygens (including phenoxy) is 2. The summed E-state index contributed by atoms with van der Waals surface area (Å²) in [5.74, 6) is -1.52. The largest absolute Gasteiger partial charge is 0.481 e. The van der Waals surface area contributed by atoms with Gasteiger partial charge in [-0.2, -0.15) is 0 Å². The second kappa shape index (κ2) is 11.6. The van der Waals surface area contributed by atoms with Crippen LogP contribution in [0, 0.1) is 0 Å². The van der Waals surface area contributed by atoms with E-state index < -0.39 is 24.1 Å². The number of nitrogens with one attached hydrogen (secondary N) is 2. The Kier molecular flexibility index (Phi) is 8.61. The predicted octanol–water partition coefficient (Wildman–Crippen LogP) is 2.27. The third-order valence-corrected chi connectivity index (χ3v) is 5.53. The Labute approximate surface area is 198 Å². The summed E-state index contributed by atoms with van der Waals surface area (Å²) in [7, 11) is 0. The molecule has 4 N–H and O–H groups in total. The van der Waals surface area contributed by atoms with Gasteiger partial charge in [0.2, 0.25) is 5.91 Å². The lowest BCUT2D eigenvalue weighted by atomic mass is 9.98. The van der Waals surface area contributed by atoms with Crippen molar-refractivity contribution in [2.75, 3.05) is 32.9 Å². The van der Waals surface area contributed by atoms with E-state index in [4.69, 9.17) is 14.6 Å². The number of hydrogen-bond acceptors (Lipinski definition) is 6. The molecule has 0 aliphatic heterocycles. The van der Waals surface area contributed by atoms with Gasteiger partial charge in [-0.05, 0) is 29.2 Å². The molecule has 1 unspecified atom stereocenters. The van der Waals surface area contributed by atoms with E-state index in [-0.39, 0.29) is 51.2 Å². The number of rotatable bonds is 12. The zero-order chi connectivity index (χ0) is 24.6. The van der Waals surface area contributed by atoms with E-state index in [0.717, 1.165) is 22.3 Å². The van der Waals surface area contributed by atoms with Gasteiger partial charge in [0.05, 0.1) is 25.2 Å². The molecule has 1 atom stereocenters. The molecule has 2 amide bonds. The Morgan fingerprint density at radius 1 is 0.971 bits per heavy atom. The summed E-state index contributed by atoms with van der Waals surface area (Å²) in [6.45, 7) is 1.96. The number of carboxylic acids is 1. The smallest absolute Gasteiger partial charge is 0.407 e. The van der Waals surface area contributed by atoms with Gasteiger partial charge in [0, 0.05) is 25.4 Å². The Hall–Kier alpha value is -3.43. The van der Waals surface area contributed by atoms with E-state index in [2.05, 4.69) is 34.9 Å². The van der Waals surface area contributed by atoms with Crippen LogP contribution in [0.4, 0.5) is 4.79 Å². The minimum absolute atomic E-state index is 0.0100. The summed E-state index contributed by atoms with van der Waals surface area (Å²) in [6, 6.07) is 16.2. The molecule has 0 aromatic heterocycles. The monoisotopic (exact) mass is 470 g/mol. The number of fused-ring (bicyclic) bond motifs is 3. The molecule has 0 heterocycles. The quantitative estimate of drug-likeness (QED) is 0.350. The van der Waals surface area contributed by atoms with Gasteiger partial charge in [-0.1, -0.05) is 48.5 Å². The molecule has 0 bridgehead atoms. The topological polar surface area (TPSA) is 134 Å². The average molecular weight is 471 g/mol. The van der Waals surface area contributed by atoms with E-state index in [1.807, 2.05) is 24.3 Å². The molecule has 0 saturated carbocycles. The standard InChI is InChI=1S/C25H30N2O7/c1-25(32,14-23(29)30)16-27-22(28)10-12-33-13-11-26-24(31)34-15-21-19-8-4-2-6-17(19)18-7-3-5-9-20(18)21/h2-9,21,32H,10-16H2,1H3,(H,26,31)(H,27,28)(H,29,30). The van der Waals surface area contributed by atoms with Crippen molar-refractivity contribution < 1.29 is 34.1 Å².